The minimum absolute atomic E-state index is 0.0406. The highest BCUT2D eigenvalue weighted by Crippen LogP contribution is 2.30. The normalized spacial score (nSPS) is 19.8. The van der Waals surface area contributed by atoms with Gasteiger partial charge in [0, 0.05) is 30.1 Å². The summed E-state index contributed by atoms with van der Waals surface area (Å²) in [5.74, 6) is 0.259. The molecule has 6 nitrogen and oxygen atoms in total. The van der Waals surface area contributed by atoms with Gasteiger partial charge in [-0.3, -0.25) is 4.79 Å². The van der Waals surface area contributed by atoms with Gasteiger partial charge in [0.25, 0.3) is 10.0 Å². The Morgan fingerprint density at radius 2 is 2.13 bits per heavy atom. The van der Waals surface area contributed by atoms with E-state index in [-0.39, 0.29) is 16.7 Å². The van der Waals surface area contributed by atoms with Crippen LogP contribution in [0.15, 0.2) is 58.3 Å². The Hall–Kier alpha value is -2.16. The van der Waals surface area contributed by atoms with Crippen LogP contribution in [0.2, 0.25) is 4.34 Å². The Morgan fingerprint density at radius 3 is 2.87 bits per heavy atom. The molecule has 0 bridgehead atoms. The summed E-state index contributed by atoms with van der Waals surface area (Å²) in [5, 5.41) is 0. The quantitative estimate of drug-likeness (QED) is 0.633. The summed E-state index contributed by atoms with van der Waals surface area (Å²) in [6.45, 7) is 5.83. The van der Waals surface area contributed by atoms with Gasteiger partial charge in [0.2, 0.25) is 5.91 Å². The Kier molecular flexibility index (Phi) is 5.99. The summed E-state index contributed by atoms with van der Waals surface area (Å²) < 4.78 is 29.5. The van der Waals surface area contributed by atoms with Crippen LogP contribution in [0.25, 0.3) is 0 Å². The lowest BCUT2D eigenvalue weighted by Crippen LogP contribution is -2.46. The lowest BCUT2D eigenvalue weighted by Gasteiger charge is -2.35. The molecule has 2 aromatic rings. The fourth-order valence-corrected chi connectivity index (χ4v) is 6.29. The standard InChI is InChI=1S/C21H22ClN3O3S2/c1-2-11-25(14-16-9-10-19(22)29-16)21(26)15-6-5-12-24(13-15)20-17-7-3-4-8-18(17)30(27,28)23-20/h2-4,7-10,15H,1,5-6,11-14H2/t15-/m0/s1. The maximum Gasteiger partial charge on any atom is 0.285 e. The maximum atomic E-state index is 13.3. The maximum absolute atomic E-state index is 13.3. The number of rotatable bonds is 5. The molecule has 9 heteroatoms. The van der Waals surface area contributed by atoms with E-state index >= 15 is 0 Å². The molecule has 0 spiro atoms. The minimum atomic E-state index is -3.68. The van der Waals surface area contributed by atoms with Crippen LogP contribution in [0.5, 0.6) is 0 Å². The van der Waals surface area contributed by atoms with Crippen LogP contribution < -0.4 is 0 Å². The average Bonchev–Trinajstić information content (AvgIpc) is 3.27. The van der Waals surface area contributed by atoms with Gasteiger partial charge >= 0.3 is 0 Å². The molecule has 1 atom stereocenters. The molecule has 3 heterocycles. The molecule has 4 rings (SSSR count). The van der Waals surface area contributed by atoms with Crippen LogP contribution in [-0.4, -0.2) is 49.6 Å². The first-order valence-corrected chi connectivity index (χ1v) is 12.4. The molecule has 2 aliphatic heterocycles. The van der Waals surface area contributed by atoms with E-state index < -0.39 is 10.0 Å². The number of halogens is 1. The summed E-state index contributed by atoms with van der Waals surface area (Å²) in [7, 11) is -3.68. The van der Waals surface area contributed by atoms with Crippen molar-refractivity contribution in [3.05, 3.63) is 63.8 Å². The molecule has 2 aliphatic rings. The van der Waals surface area contributed by atoms with Gasteiger partial charge in [0.15, 0.2) is 5.84 Å². The molecule has 0 aliphatic carbocycles. The van der Waals surface area contributed by atoms with Crippen LogP contribution >= 0.6 is 22.9 Å². The third-order valence-electron chi connectivity index (χ3n) is 5.32. The van der Waals surface area contributed by atoms with Crippen molar-refractivity contribution in [1.29, 1.82) is 0 Å². The Balaban J connectivity index is 1.53. The molecular weight excluding hydrogens is 442 g/mol. The zero-order valence-corrected chi connectivity index (χ0v) is 18.7. The van der Waals surface area contributed by atoms with Gasteiger partial charge in [-0.1, -0.05) is 29.8 Å². The molecular formula is C21H22ClN3O3S2. The summed E-state index contributed by atoms with van der Waals surface area (Å²) in [5.41, 5.74) is 0.613. The number of sulfonamides is 1. The zero-order valence-electron chi connectivity index (χ0n) is 16.3. The largest absolute Gasteiger partial charge is 0.355 e. The summed E-state index contributed by atoms with van der Waals surface area (Å²) in [4.78, 5) is 18.3. The lowest BCUT2D eigenvalue weighted by atomic mass is 9.95. The highest BCUT2D eigenvalue weighted by atomic mass is 35.5. The summed E-state index contributed by atoms with van der Waals surface area (Å²) >= 11 is 7.49. The van der Waals surface area contributed by atoms with Crippen molar-refractivity contribution in [3.63, 3.8) is 0 Å². The molecule has 1 aromatic heterocycles. The molecule has 1 fully saturated rings. The average molecular weight is 464 g/mol. The van der Waals surface area contributed by atoms with Crippen molar-refractivity contribution in [1.82, 2.24) is 9.80 Å². The second-order valence-electron chi connectivity index (χ2n) is 7.38. The number of likely N-dealkylation sites (tertiary alicyclic amines) is 1. The fourth-order valence-electron chi connectivity index (χ4n) is 3.96. The molecule has 0 saturated carbocycles. The van der Waals surface area contributed by atoms with Gasteiger partial charge in [0.05, 0.1) is 16.8 Å². The molecule has 30 heavy (non-hydrogen) atoms. The van der Waals surface area contributed by atoms with Gasteiger partial charge in [-0.25, -0.2) is 0 Å². The first-order valence-electron chi connectivity index (χ1n) is 9.72. The molecule has 1 amide bonds. The molecule has 0 N–H and O–H groups in total. The second-order valence-corrected chi connectivity index (χ2v) is 10.8. The van der Waals surface area contributed by atoms with Gasteiger partial charge in [0.1, 0.15) is 4.90 Å². The van der Waals surface area contributed by atoms with Crippen LogP contribution in [-0.2, 0) is 21.4 Å². The van der Waals surface area contributed by atoms with Crippen molar-refractivity contribution < 1.29 is 13.2 Å². The number of carbonyl (C=O) groups excluding carboxylic acids is 1. The predicted octanol–water partition coefficient (Wildman–Crippen LogP) is 3.78. The van der Waals surface area contributed by atoms with Gasteiger partial charge in [-0.2, -0.15) is 8.42 Å². The topological polar surface area (TPSA) is 70.1 Å². The third kappa shape index (κ3) is 4.17. The number of hydrogen-bond donors (Lipinski definition) is 0. The van der Waals surface area contributed by atoms with E-state index in [4.69, 9.17) is 11.6 Å². The van der Waals surface area contributed by atoms with Crippen LogP contribution in [0.3, 0.4) is 0 Å². The minimum Gasteiger partial charge on any atom is -0.355 e. The van der Waals surface area contributed by atoms with E-state index in [1.54, 1.807) is 35.2 Å². The molecule has 0 radical (unpaired) electrons. The summed E-state index contributed by atoms with van der Waals surface area (Å²) in [6.07, 6.45) is 3.28. The highest BCUT2D eigenvalue weighted by Gasteiger charge is 2.36. The Morgan fingerprint density at radius 1 is 1.33 bits per heavy atom. The number of hydrogen-bond acceptors (Lipinski definition) is 5. The second kappa shape index (κ2) is 8.53. The van der Waals surface area contributed by atoms with Gasteiger partial charge in [-0.15, -0.1) is 22.3 Å². The van der Waals surface area contributed by atoms with Crippen LogP contribution in [0.1, 0.15) is 23.3 Å². The number of fused-ring (bicyclic) bond motifs is 1. The van der Waals surface area contributed by atoms with Crippen LogP contribution in [0.4, 0.5) is 0 Å². The first kappa shape index (κ1) is 21.1. The highest BCUT2D eigenvalue weighted by molar-refractivity contribution is 7.90. The Labute approximate surface area is 185 Å². The Bertz CT molecular complexity index is 1110. The lowest BCUT2D eigenvalue weighted by molar-refractivity contribution is -0.136. The predicted molar refractivity (Wildman–Crippen MR) is 119 cm³/mol. The van der Waals surface area contributed by atoms with Crippen LogP contribution in [0, 0.1) is 5.92 Å². The van der Waals surface area contributed by atoms with Crippen molar-refractivity contribution in [3.8, 4) is 0 Å². The number of amidine groups is 1. The fraction of sp³-hybridized carbons (Fsp3) is 0.333. The number of thiophene rings is 1. The smallest absolute Gasteiger partial charge is 0.285 e. The molecule has 1 saturated heterocycles. The van der Waals surface area contributed by atoms with Crippen molar-refractivity contribution in [2.24, 2.45) is 10.3 Å². The number of carbonyl (C=O) groups is 1. The zero-order chi connectivity index (χ0) is 21.3. The van der Waals surface area contributed by atoms with E-state index in [0.29, 0.717) is 41.9 Å². The monoisotopic (exact) mass is 463 g/mol. The van der Waals surface area contributed by atoms with Crippen molar-refractivity contribution in [2.45, 2.75) is 24.3 Å². The van der Waals surface area contributed by atoms with Crippen molar-refractivity contribution in [2.75, 3.05) is 19.6 Å². The SMILES string of the molecule is C=CCN(Cc1ccc(Cl)s1)C(=O)[C@H]1CCCN(C2=NS(=O)(=O)c3ccccc32)C1. The van der Waals surface area contributed by atoms with Gasteiger partial charge in [-0.05, 0) is 37.1 Å². The van der Waals surface area contributed by atoms with E-state index in [2.05, 4.69) is 11.0 Å². The number of nitrogens with zero attached hydrogens (tertiary/aromatic N) is 3. The molecule has 0 unspecified atom stereocenters. The summed E-state index contributed by atoms with van der Waals surface area (Å²) in [6, 6.07) is 10.6. The van der Waals surface area contributed by atoms with Gasteiger partial charge < -0.3 is 9.80 Å². The van der Waals surface area contributed by atoms with E-state index in [9.17, 15) is 13.2 Å². The van der Waals surface area contributed by atoms with Crippen molar-refractivity contribution >= 4 is 44.7 Å². The number of benzene rings is 1. The third-order valence-corrected chi connectivity index (χ3v) is 7.86. The first-order chi connectivity index (χ1) is 14.4. The number of piperidine rings is 1. The van der Waals surface area contributed by atoms with E-state index in [1.165, 1.54) is 11.3 Å². The molecule has 1 aromatic carbocycles. The number of amides is 1. The molecule has 158 valence electrons. The van der Waals surface area contributed by atoms with E-state index in [0.717, 1.165) is 17.7 Å². The van der Waals surface area contributed by atoms with E-state index in [1.807, 2.05) is 17.0 Å².